The summed E-state index contributed by atoms with van der Waals surface area (Å²) in [6.45, 7) is 0. The standard InChI is InChI=1S/C13H10N2O2S/c1-17-11-5-3-2-4-9(11)13-14-10-8-15(16)7-6-12(10)18-13/h2-8H,1H3. The first kappa shape index (κ1) is 11.0. The van der Waals surface area contributed by atoms with Crippen molar-refractivity contribution in [2.24, 2.45) is 0 Å². The molecule has 90 valence electrons. The average Bonchev–Trinajstić information content (AvgIpc) is 2.81. The van der Waals surface area contributed by atoms with Crippen molar-refractivity contribution in [3.05, 3.63) is 47.9 Å². The Kier molecular flexibility index (Phi) is 2.60. The molecule has 0 amide bonds. The summed E-state index contributed by atoms with van der Waals surface area (Å²) in [6.07, 6.45) is 2.96. The van der Waals surface area contributed by atoms with E-state index in [0.29, 0.717) is 5.52 Å². The molecular formula is C13H10N2O2S. The van der Waals surface area contributed by atoms with Crippen LogP contribution in [0.3, 0.4) is 0 Å². The van der Waals surface area contributed by atoms with Gasteiger partial charge >= 0.3 is 0 Å². The number of nitrogens with zero attached hydrogens (tertiary/aromatic N) is 2. The number of hydrogen-bond donors (Lipinski definition) is 0. The van der Waals surface area contributed by atoms with Crippen LogP contribution in [-0.2, 0) is 0 Å². The van der Waals surface area contributed by atoms with Gasteiger partial charge in [-0.2, -0.15) is 4.73 Å². The molecule has 2 aromatic heterocycles. The highest BCUT2D eigenvalue weighted by Crippen LogP contribution is 2.34. The van der Waals surface area contributed by atoms with Crippen LogP contribution < -0.4 is 9.47 Å². The molecule has 0 atom stereocenters. The number of fused-ring (bicyclic) bond motifs is 1. The third-order valence-electron chi connectivity index (χ3n) is 2.64. The second kappa shape index (κ2) is 4.27. The van der Waals surface area contributed by atoms with Crippen LogP contribution in [0.4, 0.5) is 0 Å². The fourth-order valence-corrected chi connectivity index (χ4v) is 2.76. The normalized spacial score (nSPS) is 10.7. The number of para-hydroxylation sites is 1. The van der Waals surface area contributed by atoms with Crippen LogP contribution in [0.1, 0.15) is 0 Å². The van der Waals surface area contributed by atoms with E-state index in [-0.39, 0.29) is 0 Å². The molecule has 0 fully saturated rings. The molecule has 3 rings (SSSR count). The Morgan fingerprint density at radius 3 is 2.94 bits per heavy atom. The Morgan fingerprint density at radius 2 is 2.11 bits per heavy atom. The Balaban J connectivity index is 2.19. The largest absolute Gasteiger partial charge is 0.619 e. The van der Waals surface area contributed by atoms with Crippen LogP contribution in [0.2, 0.25) is 0 Å². The van der Waals surface area contributed by atoms with Crippen molar-refractivity contribution in [1.82, 2.24) is 4.98 Å². The minimum Gasteiger partial charge on any atom is -0.619 e. The van der Waals surface area contributed by atoms with E-state index >= 15 is 0 Å². The molecule has 1 aromatic carbocycles. The fraction of sp³-hybridized carbons (Fsp3) is 0.0769. The lowest BCUT2D eigenvalue weighted by Crippen LogP contribution is -2.23. The highest BCUT2D eigenvalue weighted by molar-refractivity contribution is 7.21. The van der Waals surface area contributed by atoms with E-state index < -0.39 is 0 Å². The van der Waals surface area contributed by atoms with E-state index in [1.54, 1.807) is 24.5 Å². The predicted octanol–water partition coefficient (Wildman–Crippen LogP) is 2.61. The van der Waals surface area contributed by atoms with E-state index in [9.17, 15) is 5.21 Å². The summed E-state index contributed by atoms with van der Waals surface area (Å²) >= 11 is 1.55. The van der Waals surface area contributed by atoms with Crippen LogP contribution in [0.5, 0.6) is 5.75 Å². The van der Waals surface area contributed by atoms with E-state index in [1.165, 1.54) is 12.4 Å². The molecule has 0 saturated heterocycles. The molecule has 18 heavy (non-hydrogen) atoms. The molecular weight excluding hydrogens is 248 g/mol. The smallest absolute Gasteiger partial charge is 0.207 e. The Hall–Kier alpha value is -2.14. The van der Waals surface area contributed by atoms with Gasteiger partial charge in [-0.25, -0.2) is 4.98 Å². The van der Waals surface area contributed by atoms with E-state index in [2.05, 4.69) is 4.98 Å². The first-order chi connectivity index (χ1) is 8.78. The van der Waals surface area contributed by atoms with Gasteiger partial charge in [-0.3, -0.25) is 0 Å². The molecule has 0 spiro atoms. The van der Waals surface area contributed by atoms with Crippen molar-refractivity contribution in [3.63, 3.8) is 0 Å². The summed E-state index contributed by atoms with van der Waals surface area (Å²) in [5.74, 6) is 0.784. The Bertz CT molecular complexity index is 709. The van der Waals surface area contributed by atoms with Gasteiger partial charge < -0.3 is 9.94 Å². The van der Waals surface area contributed by atoms with Gasteiger partial charge in [0.2, 0.25) is 6.20 Å². The number of aromatic nitrogens is 2. The number of rotatable bonds is 2. The van der Waals surface area contributed by atoms with Gasteiger partial charge in [0.1, 0.15) is 16.3 Å². The van der Waals surface area contributed by atoms with Gasteiger partial charge in [0.05, 0.1) is 17.4 Å². The molecule has 0 aliphatic carbocycles. The van der Waals surface area contributed by atoms with Crippen LogP contribution in [0.15, 0.2) is 42.7 Å². The maximum atomic E-state index is 11.2. The number of hydrogen-bond acceptors (Lipinski definition) is 4. The molecule has 0 radical (unpaired) electrons. The third kappa shape index (κ3) is 1.78. The minimum atomic E-state index is 0.707. The molecule has 0 unspecified atom stereocenters. The van der Waals surface area contributed by atoms with Crippen molar-refractivity contribution < 1.29 is 9.47 Å². The van der Waals surface area contributed by atoms with Crippen LogP contribution in [-0.4, -0.2) is 12.1 Å². The summed E-state index contributed by atoms with van der Waals surface area (Å²) in [5, 5.41) is 12.1. The summed E-state index contributed by atoms with van der Waals surface area (Å²) in [7, 11) is 1.64. The monoisotopic (exact) mass is 258 g/mol. The van der Waals surface area contributed by atoms with Crippen molar-refractivity contribution in [1.29, 1.82) is 0 Å². The van der Waals surface area contributed by atoms with Gasteiger partial charge in [-0.1, -0.05) is 12.1 Å². The number of benzene rings is 1. The molecule has 0 aliphatic rings. The van der Waals surface area contributed by atoms with E-state index in [4.69, 9.17) is 4.74 Å². The van der Waals surface area contributed by atoms with Gasteiger partial charge in [-0.05, 0) is 12.1 Å². The van der Waals surface area contributed by atoms with E-state index in [0.717, 1.165) is 25.8 Å². The lowest BCUT2D eigenvalue weighted by atomic mass is 10.2. The fourth-order valence-electron chi connectivity index (χ4n) is 1.80. The molecule has 2 heterocycles. The number of thiazole rings is 1. The Labute approximate surface area is 108 Å². The highest BCUT2D eigenvalue weighted by atomic mass is 32.1. The van der Waals surface area contributed by atoms with Gasteiger partial charge in [0, 0.05) is 6.07 Å². The zero-order chi connectivity index (χ0) is 12.5. The summed E-state index contributed by atoms with van der Waals surface area (Å²) in [4.78, 5) is 4.47. The molecule has 0 bridgehead atoms. The first-order valence-corrected chi connectivity index (χ1v) is 6.22. The predicted molar refractivity (Wildman–Crippen MR) is 70.6 cm³/mol. The molecule has 0 N–H and O–H groups in total. The van der Waals surface area contributed by atoms with Crippen molar-refractivity contribution in [3.8, 4) is 16.3 Å². The maximum absolute atomic E-state index is 11.2. The van der Waals surface area contributed by atoms with Crippen molar-refractivity contribution in [2.45, 2.75) is 0 Å². The zero-order valence-corrected chi connectivity index (χ0v) is 10.5. The summed E-state index contributed by atoms with van der Waals surface area (Å²) in [6, 6.07) is 9.49. The second-order valence-electron chi connectivity index (χ2n) is 3.77. The topological polar surface area (TPSA) is 49.1 Å². The van der Waals surface area contributed by atoms with Gasteiger partial charge in [-0.15, -0.1) is 11.3 Å². The highest BCUT2D eigenvalue weighted by Gasteiger charge is 2.11. The summed E-state index contributed by atoms with van der Waals surface area (Å²) < 4.78 is 7.07. The van der Waals surface area contributed by atoms with Crippen LogP contribution in [0, 0.1) is 5.21 Å². The van der Waals surface area contributed by atoms with Gasteiger partial charge in [0.25, 0.3) is 0 Å². The molecule has 0 saturated carbocycles. The number of pyridine rings is 1. The van der Waals surface area contributed by atoms with Crippen molar-refractivity contribution in [2.75, 3.05) is 7.11 Å². The van der Waals surface area contributed by atoms with Crippen LogP contribution in [0.25, 0.3) is 20.8 Å². The molecule has 4 nitrogen and oxygen atoms in total. The second-order valence-corrected chi connectivity index (χ2v) is 4.80. The first-order valence-electron chi connectivity index (χ1n) is 5.40. The van der Waals surface area contributed by atoms with Gasteiger partial charge in [0.15, 0.2) is 6.20 Å². The zero-order valence-electron chi connectivity index (χ0n) is 9.66. The molecule has 5 heteroatoms. The Morgan fingerprint density at radius 1 is 1.28 bits per heavy atom. The molecule has 3 aromatic rings. The van der Waals surface area contributed by atoms with Crippen molar-refractivity contribution >= 4 is 21.6 Å². The minimum absolute atomic E-state index is 0.707. The maximum Gasteiger partial charge on any atom is 0.207 e. The SMILES string of the molecule is COc1ccccc1-c1nc2c[n+]([O-])ccc2s1. The number of ether oxygens (including phenoxy) is 1. The lowest BCUT2D eigenvalue weighted by molar-refractivity contribution is -0.603. The number of methoxy groups -OCH3 is 1. The lowest BCUT2D eigenvalue weighted by Gasteiger charge is -2.04. The van der Waals surface area contributed by atoms with E-state index in [1.807, 2.05) is 24.3 Å². The average molecular weight is 258 g/mol. The molecule has 0 aliphatic heterocycles. The van der Waals surface area contributed by atoms with Crippen LogP contribution >= 0.6 is 11.3 Å². The quantitative estimate of drug-likeness (QED) is 0.524. The summed E-state index contributed by atoms with van der Waals surface area (Å²) in [5.41, 5.74) is 1.65. The third-order valence-corrected chi connectivity index (χ3v) is 3.71.